The van der Waals surface area contributed by atoms with Crippen molar-refractivity contribution in [3.8, 4) is 0 Å². The maximum absolute atomic E-state index is 13.5. The monoisotopic (exact) mass is 552 g/mol. The number of Topliss-reactive ketones (excluding diaryl/α,β-unsaturated/α-hetero) is 1. The van der Waals surface area contributed by atoms with Crippen LogP contribution in [0.2, 0.25) is 0 Å². The van der Waals surface area contributed by atoms with Crippen molar-refractivity contribution in [2.75, 3.05) is 11.9 Å². The van der Waals surface area contributed by atoms with Gasteiger partial charge in [-0.3, -0.25) is 24.1 Å². The summed E-state index contributed by atoms with van der Waals surface area (Å²) in [5.41, 5.74) is 12.3. The normalized spacial score (nSPS) is 18.2. The van der Waals surface area contributed by atoms with Crippen molar-refractivity contribution in [3.05, 3.63) is 65.7 Å². The van der Waals surface area contributed by atoms with Gasteiger partial charge in [-0.1, -0.05) is 47.5 Å². The first-order valence-electron chi connectivity index (χ1n) is 12.0. The molecule has 14 heteroatoms. The highest BCUT2D eigenvalue weighted by Gasteiger charge is 2.56. The lowest BCUT2D eigenvalue weighted by Gasteiger charge is -2.31. The Morgan fingerprint density at radius 2 is 1.70 bits per heavy atom. The maximum Gasteiger partial charge on any atom is 0.363 e. The molecule has 0 radical (unpaired) electrons. The number of likely N-dealkylation sites (N-methyl/N-ethyl adjacent to an activating group) is 1. The molecule has 0 aliphatic carbocycles. The van der Waals surface area contributed by atoms with Crippen molar-refractivity contribution in [2.45, 2.75) is 44.4 Å². The summed E-state index contributed by atoms with van der Waals surface area (Å²) >= 11 is 0. The number of nitrogens with two attached hydrogens (primary N) is 1. The Labute approximate surface area is 228 Å². The highest BCUT2D eigenvalue weighted by molar-refractivity contribution is 6.14. The first kappa shape index (κ1) is 29.6. The summed E-state index contributed by atoms with van der Waals surface area (Å²) in [7, 11) is 1.33. The Balaban J connectivity index is 1.96. The van der Waals surface area contributed by atoms with Crippen molar-refractivity contribution < 1.29 is 38.7 Å². The number of hydroxylamine groups is 2. The maximum atomic E-state index is 13.5. The van der Waals surface area contributed by atoms with E-state index in [1.807, 2.05) is 0 Å². The van der Waals surface area contributed by atoms with E-state index in [1.165, 1.54) is 38.2 Å². The van der Waals surface area contributed by atoms with E-state index in [4.69, 9.17) is 21.2 Å². The van der Waals surface area contributed by atoms with E-state index in [0.717, 1.165) is 11.8 Å². The van der Waals surface area contributed by atoms with E-state index in [0.29, 0.717) is 16.0 Å². The number of urea groups is 1. The average Bonchev–Trinajstić information content (AvgIpc) is 3.07. The van der Waals surface area contributed by atoms with Crippen LogP contribution in [0, 0.1) is 5.53 Å². The van der Waals surface area contributed by atoms with E-state index < -0.39 is 59.6 Å². The third-order valence-corrected chi connectivity index (χ3v) is 6.54. The number of carboxylic acids is 1. The second-order valence-corrected chi connectivity index (χ2v) is 9.20. The molecule has 1 saturated heterocycles. The molecule has 0 spiro atoms. The van der Waals surface area contributed by atoms with Gasteiger partial charge in [0.25, 0.3) is 5.91 Å². The fourth-order valence-corrected chi connectivity index (χ4v) is 4.22. The Morgan fingerprint density at radius 3 is 2.23 bits per heavy atom. The molecular weight excluding hydrogens is 524 g/mol. The first-order valence-corrected chi connectivity index (χ1v) is 12.0. The molecule has 0 bridgehead atoms. The van der Waals surface area contributed by atoms with E-state index in [1.54, 1.807) is 30.3 Å². The number of imide groups is 1. The lowest BCUT2D eigenvalue weighted by molar-refractivity contribution is -0.186. The number of carboxylic acid groups (broad SMARTS) is 1. The van der Waals surface area contributed by atoms with E-state index >= 15 is 0 Å². The number of carbonyl (C=O) groups excluding carboxylic acids is 5. The highest BCUT2D eigenvalue weighted by Crippen LogP contribution is 2.36. The Kier molecular flexibility index (Phi) is 8.74. The molecule has 40 heavy (non-hydrogen) atoms. The number of nitrogens with one attached hydrogen (secondary N) is 1. The Morgan fingerprint density at radius 1 is 1.10 bits per heavy atom. The zero-order valence-electron chi connectivity index (χ0n) is 21.9. The minimum absolute atomic E-state index is 0.0334. The third kappa shape index (κ3) is 5.56. The third-order valence-electron chi connectivity index (χ3n) is 6.54. The van der Waals surface area contributed by atoms with E-state index in [2.05, 4.69) is 5.11 Å². The van der Waals surface area contributed by atoms with Gasteiger partial charge < -0.3 is 20.6 Å². The summed E-state index contributed by atoms with van der Waals surface area (Å²) in [4.78, 5) is 83.9. The zero-order valence-corrected chi connectivity index (χ0v) is 21.9. The second-order valence-electron chi connectivity index (χ2n) is 9.20. The topological polar surface area (TPSA) is 204 Å². The van der Waals surface area contributed by atoms with Gasteiger partial charge >= 0.3 is 18.0 Å². The lowest BCUT2D eigenvalue weighted by atomic mass is 9.90. The van der Waals surface area contributed by atoms with Crippen LogP contribution in [0.15, 0.2) is 59.7 Å². The molecule has 3 atom stereocenters. The number of ketones is 1. The van der Waals surface area contributed by atoms with Gasteiger partial charge in [0.1, 0.15) is 5.54 Å². The van der Waals surface area contributed by atoms with Crippen LogP contribution in [-0.2, 0) is 40.9 Å². The number of amides is 4. The van der Waals surface area contributed by atoms with Gasteiger partial charge in [0, 0.05) is 12.7 Å². The van der Waals surface area contributed by atoms with Crippen LogP contribution in [0.1, 0.15) is 31.4 Å². The summed E-state index contributed by atoms with van der Waals surface area (Å²) in [5, 5.41) is 12.6. The molecule has 1 aliphatic rings. The van der Waals surface area contributed by atoms with E-state index in [-0.39, 0.29) is 17.3 Å². The standard InChI is InChI=1S/C26H28N6O8/c1-15(33)21(31(18-7-5-4-6-8-18)22(36)19(27)13-20(34)35)23(37)40-32-24(38)26(2,30(3)25(32)39)17-11-9-16(10-12-17)14-29-28/h4-12,19,21,28H,13-14,27H2,1-3H3,(H,34,35)/t19-,21-,26+/m0/s1. The SMILES string of the molecule is CC(=O)[C@@H](C(=O)ON1C(=O)N(C)[C@](C)(c2ccc(CN=N)cc2)C1=O)N(C(=O)[C@@H](N)CC(=O)O)c1ccccc1. The molecule has 2 aromatic rings. The number of para-hydroxylation sites is 1. The number of anilines is 1. The van der Waals surface area contributed by atoms with E-state index in [9.17, 15) is 28.8 Å². The predicted molar refractivity (Wildman–Crippen MR) is 137 cm³/mol. The minimum Gasteiger partial charge on any atom is -0.481 e. The van der Waals surface area contributed by atoms with Gasteiger partial charge in [0.05, 0.1) is 19.0 Å². The Bertz CT molecular complexity index is 1350. The zero-order chi connectivity index (χ0) is 29.8. The summed E-state index contributed by atoms with van der Waals surface area (Å²) in [6.45, 7) is 2.56. The number of benzene rings is 2. The van der Waals surface area contributed by atoms with Gasteiger partial charge in [0.2, 0.25) is 5.91 Å². The average molecular weight is 553 g/mol. The van der Waals surface area contributed by atoms with Gasteiger partial charge in [0.15, 0.2) is 11.8 Å². The van der Waals surface area contributed by atoms with Gasteiger partial charge in [-0.25, -0.2) is 15.1 Å². The second kappa shape index (κ2) is 11.8. The fraction of sp³-hybridized carbons (Fsp3) is 0.308. The molecule has 14 nitrogen and oxygen atoms in total. The number of rotatable bonds is 11. The summed E-state index contributed by atoms with van der Waals surface area (Å²) in [5.74, 6) is -5.71. The molecule has 1 heterocycles. The van der Waals surface area contributed by atoms with Crippen LogP contribution < -0.4 is 10.6 Å². The molecule has 3 rings (SSSR count). The minimum atomic E-state index is -2.00. The molecular formula is C26H28N6O8. The summed E-state index contributed by atoms with van der Waals surface area (Å²) in [6.07, 6.45) is -0.789. The first-order chi connectivity index (χ1) is 18.8. The van der Waals surface area contributed by atoms with Crippen molar-refractivity contribution in [3.63, 3.8) is 0 Å². The molecule has 2 aromatic carbocycles. The molecule has 210 valence electrons. The lowest BCUT2D eigenvalue weighted by Crippen LogP contribution is -2.56. The van der Waals surface area contributed by atoms with Gasteiger partial charge in [-0.2, -0.15) is 5.11 Å². The van der Waals surface area contributed by atoms with Gasteiger partial charge in [-0.05, 0) is 37.1 Å². The van der Waals surface area contributed by atoms with Crippen LogP contribution >= 0.6 is 0 Å². The largest absolute Gasteiger partial charge is 0.481 e. The quantitative estimate of drug-likeness (QED) is 0.210. The molecule has 0 saturated carbocycles. The van der Waals surface area contributed by atoms with Gasteiger partial charge in [-0.15, -0.1) is 0 Å². The molecule has 1 aliphatic heterocycles. The van der Waals surface area contributed by atoms with Crippen LogP contribution in [0.3, 0.4) is 0 Å². The molecule has 4 amide bonds. The van der Waals surface area contributed by atoms with Crippen LogP contribution in [-0.4, -0.2) is 69.8 Å². The van der Waals surface area contributed by atoms with Crippen molar-refractivity contribution in [2.24, 2.45) is 10.8 Å². The van der Waals surface area contributed by atoms with Crippen LogP contribution in [0.25, 0.3) is 0 Å². The molecule has 4 N–H and O–H groups in total. The highest BCUT2D eigenvalue weighted by atomic mass is 16.7. The number of aliphatic carboxylic acids is 1. The smallest absolute Gasteiger partial charge is 0.363 e. The summed E-state index contributed by atoms with van der Waals surface area (Å²) in [6, 6.07) is 9.20. The summed E-state index contributed by atoms with van der Waals surface area (Å²) < 4.78 is 0. The number of carbonyl (C=O) groups is 6. The van der Waals surface area contributed by atoms with Crippen LogP contribution in [0.5, 0.6) is 0 Å². The fourth-order valence-electron chi connectivity index (χ4n) is 4.22. The van der Waals surface area contributed by atoms with Crippen molar-refractivity contribution in [1.82, 2.24) is 9.96 Å². The van der Waals surface area contributed by atoms with Crippen LogP contribution in [0.4, 0.5) is 10.5 Å². The van der Waals surface area contributed by atoms with Crippen molar-refractivity contribution in [1.29, 1.82) is 5.53 Å². The molecule has 0 aromatic heterocycles. The predicted octanol–water partition coefficient (Wildman–Crippen LogP) is 1.58. The number of nitrogens with zero attached hydrogens (tertiary/aromatic N) is 4. The Hall–Kier alpha value is -4.98. The molecule has 0 unspecified atom stereocenters. The van der Waals surface area contributed by atoms with Crippen molar-refractivity contribution >= 4 is 41.3 Å². The number of hydrogen-bond donors (Lipinski definition) is 3. The number of hydrogen-bond acceptors (Lipinski definition) is 10. The molecule has 1 fully saturated rings.